The van der Waals surface area contributed by atoms with Gasteiger partial charge in [-0.3, -0.25) is 4.98 Å². The van der Waals surface area contributed by atoms with E-state index in [9.17, 15) is 0 Å². The molecule has 0 unspecified atom stereocenters. The van der Waals surface area contributed by atoms with Gasteiger partial charge >= 0.3 is 0 Å². The molecule has 0 radical (unpaired) electrons. The molecule has 4 nitrogen and oxygen atoms in total. The number of allylic oxidation sites excluding steroid dienone is 1. The molecule has 0 saturated carbocycles. The molecule has 2 aromatic heterocycles. The minimum absolute atomic E-state index is 0.655. The van der Waals surface area contributed by atoms with Gasteiger partial charge in [0.15, 0.2) is 0 Å². The molecule has 4 rings (SSSR count). The summed E-state index contributed by atoms with van der Waals surface area (Å²) in [7, 11) is 0. The van der Waals surface area contributed by atoms with Crippen molar-refractivity contribution in [2.75, 3.05) is 6.61 Å². The Morgan fingerprint density at radius 1 is 1.00 bits per heavy atom. The molecule has 0 aliphatic heterocycles. The van der Waals surface area contributed by atoms with E-state index >= 15 is 0 Å². The van der Waals surface area contributed by atoms with Crippen molar-refractivity contribution < 1.29 is 4.74 Å². The number of benzene rings is 1. The lowest BCUT2D eigenvalue weighted by Crippen LogP contribution is -2.09. The zero-order valence-electron chi connectivity index (χ0n) is 14.1. The van der Waals surface area contributed by atoms with Crippen molar-refractivity contribution >= 4 is 6.08 Å². The van der Waals surface area contributed by atoms with Crippen LogP contribution in [0.2, 0.25) is 0 Å². The van der Waals surface area contributed by atoms with E-state index in [0.29, 0.717) is 6.61 Å². The molecule has 0 atom stereocenters. The van der Waals surface area contributed by atoms with Crippen molar-refractivity contribution in [2.24, 2.45) is 0 Å². The monoisotopic (exact) mass is 331 g/mol. The third-order valence-corrected chi connectivity index (χ3v) is 4.56. The van der Waals surface area contributed by atoms with Crippen LogP contribution < -0.4 is 4.74 Å². The second-order valence-corrected chi connectivity index (χ2v) is 6.34. The van der Waals surface area contributed by atoms with Crippen LogP contribution >= 0.6 is 0 Å². The lowest BCUT2D eigenvalue weighted by atomic mass is 9.87. The van der Waals surface area contributed by atoms with Gasteiger partial charge in [-0.25, -0.2) is 4.98 Å². The Balaban J connectivity index is 1.40. The Bertz CT molecular complexity index is 854. The second-order valence-electron chi connectivity index (χ2n) is 6.34. The summed E-state index contributed by atoms with van der Waals surface area (Å²) >= 11 is 0. The highest BCUT2D eigenvalue weighted by atomic mass is 16.5. The van der Waals surface area contributed by atoms with E-state index in [1.807, 2.05) is 29.5 Å². The molecular formula is C21H21N3O. The summed E-state index contributed by atoms with van der Waals surface area (Å²) in [6.07, 6.45) is 14.7. The largest absolute Gasteiger partial charge is 0.492 e. The molecule has 0 fully saturated rings. The average molecular weight is 331 g/mol. The van der Waals surface area contributed by atoms with Crippen LogP contribution in [0.15, 0.2) is 67.0 Å². The van der Waals surface area contributed by atoms with Gasteiger partial charge in [0, 0.05) is 24.8 Å². The first-order valence-electron chi connectivity index (χ1n) is 8.67. The smallest absolute Gasteiger partial charge is 0.119 e. The summed E-state index contributed by atoms with van der Waals surface area (Å²) in [6.45, 7) is 1.47. The minimum Gasteiger partial charge on any atom is -0.492 e. The Hall–Kier alpha value is -2.88. The fourth-order valence-corrected chi connectivity index (χ4v) is 3.23. The molecule has 1 aliphatic carbocycles. The predicted octanol–water partition coefficient (Wildman–Crippen LogP) is 3.93. The highest BCUT2D eigenvalue weighted by molar-refractivity contribution is 5.55. The number of aryl methyl sites for hydroxylation is 1. The van der Waals surface area contributed by atoms with Crippen molar-refractivity contribution in [2.45, 2.75) is 25.8 Å². The van der Waals surface area contributed by atoms with E-state index in [2.05, 4.69) is 46.4 Å². The summed E-state index contributed by atoms with van der Waals surface area (Å²) in [6, 6.07) is 10.6. The van der Waals surface area contributed by atoms with Crippen LogP contribution in [0.3, 0.4) is 0 Å². The van der Waals surface area contributed by atoms with E-state index in [1.165, 1.54) is 22.3 Å². The van der Waals surface area contributed by atoms with Gasteiger partial charge in [0.25, 0.3) is 0 Å². The molecule has 126 valence electrons. The first-order valence-corrected chi connectivity index (χ1v) is 8.67. The van der Waals surface area contributed by atoms with Gasteiger partial charge in [0.2, 0.25) is 0 Å². The number of nitrogens with zero attached hydrogens (tertiary/aromatic N) is 3. The maximum absolute atomic E-state index is 5.90. The maximum Gasteiger partial charge on any atom is 0.119 e. The van der Waals surface area contributed by atoms with Gasteiger partial charge in [-0.2, -0.15) is 0 Å². The zero-order chi connectivity index (χ0) is 16.9. The van der Waals surface area contributed by atoms with E-state index < -0.39 is 0 Å². The minimum atomic E-state index is 0.655. The summed E-state index contributed by atoms with van der Waals surface area (Å²) in [4.78, 5) is 8.12. The van der Waals surface area contributed by atoms with Crippen molar-refractivity contribution in [1.82, 2.24) is 14.5 Å². The van der Waals surface area contributed by atoms with Gasteiger partial charge in [0.05, 0.1) is 12.9 Å². The van der Waals surface area contributed by atoms with Gasteiger partial charge < -0.3 is 9.30 Å². The third kappa shape index (κ3) is 3.97. The summed E-state index contributed by atoms with van der Waals surface area (Å²) in [5.41, 5.74) is 5.53. The fraction of sp³-hybridized carbons (Fsp3) is 0.238. The Labute approximate surface area is 147 Å². The van der Waals surface area contributed by atoms with Crippen molar-refractivity contribution in [3.8, 4) is 5.75 Å². The topological polar surface area (TPSA) is 39.9 Å². The molecule has 2 heterocycles. The number of imidazole rings is 1. The molecule has 4 heteroatoms. The quantitative estimate of drug-likeness (QED) is 0.711. The second kappa shape index (κ2) is 7.34. The number of hydrogen-bond donors (Lipinski definition) is 0. The summed E-state index contributed by atoms with van der Waals surface area (Å²) in [5, 5.41) is 0. The van der Waals surface area contributed by atoms with Gasteiger partial charge in [-0.05, 0) is 60.2 Å². The molecule has 1 aliphatic rings. The molecule has 3 aromatic rings. The van der Waals surface area contributed by atoms with Gasteiger partial charge in [0.1, 0.15) is 12.4 Å². The van der Waals surface area contributed by atoms with E-state index in [0.717, 1.165) is 31.6 Å². The third-order valence-electron chi connectivity index (χ3n) is 4.56. The molecule has 0 amide bonds. The number of rotatable bonds is 5. The van der Waals surface area contributed by atoms with Crippen LogP contribution in [0.5, 0.6) is 5.75 Å². The Morgan fingerprint density at radius 3 is 2.76 bits per heavy atom. The number of fused-ring (bicyclic) bond motifs is 1. The summed E-state index contributed by atoms with van der Waals surface area (Å²) in [5.74, 6) is 0.959. The first-order chi connectivity index (χ1) is 12.4. The lowest BCUT2D eigenvalue weighted by Gasteiger charge is -2.20. The number of aromatic nitrogens is 3. The fourth-order valence-electron chi connectivity index (χ4n) is 3.23. The van der Waals surface area contributed by atoms with Crippen LogP contribution in [-0.2, 0) is 19.4 Å². The van der Waals surface area contributed by atoms with E-state index in [-0.39, 0.29) is 0 Å². The van der Waals surface area contributed by atoms with Crippen LogP contribution in [0.25, 0.3) is 6.08 Å². The van der Waals surface area contributed by atoms with E-state index in [1.54, 1.807) is 6.20 Å². The number of hydrogen-bond acceptors (Lipinski definition) is 3. The Morgan fingerprint density at radius 2 is 1.92 bits per heavy atom. The highest BCUT2D eigenvalue weighted by Crippen LogP contribution is 2.29. The van der Waals surface area contributed by atoms with Crippen molar-refractivity contribution in [3.05, 3.63) is 83.7 Å². The maximum atomic E-state index is 5.90. The number of pyridine rings is 1. The van der Waals surface area contributed by atoms with Crippen LogP contribution in [0.1, 0.15) is 23.1 Å². The van der Waals surface area contributed by atoms with Crippen LogP contribution in [0, 0.1) is 0 Å². The van der Waals surface area contributed by atoms with Crippen LogP contribution in [0.4, 0.5) is 0 Å². The molecule has 25 heavy (non-hydrogen) atoms. The highest BCUT2D eigenvalue weighted by Gasteiger charge is 2.14. The van der Waals surface area contributed by atoms with Crippen LogP contribution in [-0.4, -0.2) is 21.1 Å². The average Bonchev–Trinajstić information content (AvgIpc) is 3.16. The van der Waals surface area contributed by atoms with Gasteiger partial charge in [-0.15, -0.1) is 0 Å². The van der Waals surface area contributed by atoms with Gasteiger partial charge in [-0.1, -0.05) is 17.7 Å². The predicted molar refractivity (Wildman–Crippen MR) is 98.4 cm³/mol. The van der Waals surface area contributed by atoms with Crippen molar-refractivity contribution in [1.29, 1.82) is 0 Å². The molecule has 1 aromatic carbocycles. The lowest BCUT2D eigenvalue weighted by molar-refractivity contribution is 0.298. The molecular weight excluding hydrogens is 310 g/mol. The molecule has 0 spiro atoms. The molecule has 0 saturated heterocycles. The number of ether oxygens (including phenoxy) is 1. The van der Waals surface area contributed by atoms with E-state index in [4.69, 9.17) is 4.74 Å². The normalized spacial score (nSPS) is 15.1. The zero-order valence-corrected chi connectivity index (χ0v) is 14.1. The first kappa shape index (κ1) is 15.6. The molecule has 0 bridgehead atoms. The van der Waals surface area contributed by atoms with Crippen molar-refractivity contribution in [3.63, 3.8) is 0 Å². The standard InChI is InChI=1S/C21H21N3O/c1-2-20-15-21(25-12-11-24-10-9-23-16-24)4-3-19(20)14-18(1)13-17-5-7-22-8-6-17/h3-10,13,15-16H,1-2,11-12,14H2. The molecule has 0 N–H and O–H groups in total. The SMILES string of the molecule is C(=C1CCc2cc(OCCn3ccnc3)ccc2C1)c1ccncc1. The Kier molecular flexibility index (Phi) is 4.59. The summed E-state index contributed by atoms with van der Waals surface area (Å²) < 4.78 is 7.92.